The second-order valence-electron chi connectivity index (χ2n) is 6.30. The summed E-state index contributed by atoms with van der Waals surface area (Å²) in [6.45, 7) is 0.986. The maximum atomic E-state index is 6.36. The molecule has 0 bridgehead atoms. The van der Waals surface area contributed by atoms with Crippen molar-refractivity contribution in [1.29, 1.82) is 0 Å². The number of aryl methyl sites for hydroxylation is 1. The molecule has 1 unspecified atom stereocenters. The second kappa shape index (κ2) is 8.70. The summed E-state index contributed by atoms with van der Waals surface area (Å²) < 4.78 is 2.17. The monoisotopic (exact) mass is 338 g/mol. The highest BCUT2D eigenvalue weighted by atomic mass is 35.5. The quantitative estimate of drug-likeness (QED) is 0.536. The van der Waals surface area contributed by atoms with Gasteiger partial charge in [0.25, 0.3) is 0 Å². The zero-order valence-electron chi connectivity index (χ0n) is 13.8. The summed E-state index contributed by atoms with van der Waals surface area (Å²) in [5, 5.41) is 0.871. The molecule has 0 aliphatic heterocycles. The maximum Gasteiger partial charge on any atom is 0.0945 e. The van der Waals surface area contributed by atoms with E-state index in [9.17, 15) is 0 Å². The number of nitrogens with zero attached hydrogens (tertiary/aromatic N) is 2. The second-order valence-corrected chi connectivity index (χ2v) is 6.71. The Kier molecular flexibility index (Phi) is 6.08. The highest BCUT2D eigenvalue weighted by molar-refractivity contribution is 6.31. The van der Waals surface area contributed by atoms with Gasteiger partial charge in [-0.1, -0.05) is 60.1 Å². The summed E-state index contributed by atoms with van der Waals surface area (Å²) in [4.78, 5) is 4.16. The third-order valence-electron chi connectivity index (χ3n) is 4.42. The molecule has 0 radical (unpaired) electrons. The van der Waals surface area contributed by atoms with Crippen molar-refractivity contribution in [2.24, 2.45) is 5.92 Å². The van der Waals surface area contributed by atoms with E-state index < -0.39 is 0 Å². The molecule has 3 heteroatoms. The van der Waals surface area contributed by atoms with Crippen molar-refractivity contribution in [2.75, 3.05) is 0 Å². The van der Waals surface area contributed by atoms with Gasteiger partial charge in [-0.3, -0.25) is 0 Å². The Morgan fingerprint density at radius 2 is 1.79 bits per heavy atom. The van der Waals surface area contributed by atoms with E-state index in [1.165, 1.54) is 24.0 Å². The summed E-state index contributed by atoms with van der Waals surface area (Å²) >= 11 is 6.36. The molecule has 0 aliphatic carbocycles. The normalized spacial score (nSPS) is 12.2. The summed E-state index contributed by atoms with van der Waals surface area (Å²) in [6.07, 6.45) is 10.3. The van der Waals surface area contributed by atoms with Crippen molar-refractivity contribution in [3.8, 4) is 0 Å². The number of benzene rings is 2. The van der Waals surface area contributed by atoms with E-state index in [2.05, 4.69) is 52.0 Å². The first-order valence-corrected chi connectivity index (χ1v) is 8.92. The van der Waals surface area contributed by atoms with E-state index in [1.54, 1.807) is 0 Å². The third kappa shape index (κ3) is 4.97. The van der Waals surface area contributed by atoms with Gasteiger partial charge >= 0.3 is 0 Å². The van der Waals surface area contributed by atoms with Gasteiger partial charge in [0.15, 0.2) is 0 Å². The van der Waals surface area contributed by atoms with Crippen LogP contribution in [0.25, 0.3) is 0 Å². The van der Waals surface area contributed by atoms with Gasteiger partial charge in [-0.2, -0.15) is 0 Å². The molecule has 2 aromatic carbocycles. The lowest BCUT2D eigenvalue weighted by atomic mass is 9.93. The average Bonchev–Trinajstić information content (AvgIpc) is 3.11. The fourth-order valence-corrected chi connectivity index (χ4v) is 3.38. The van der Waals surface area contributed by atoms with Crippen LogP contribution in [0.3, 0.4) is 0 Å². The van der Waals surface area contributed by atoms with Crippen molar-refractivity contribution in [3.63, 3.8) is 0 Å². The predicted molar refractivity (Wildman–Crippen MR) is 100 cm³/mol. The molecule has 0 amide bonds. The van der Waals surface area contributed by atoms with E-state index in [1.807, 2.05) is 30.9 Å². The van der Waals surface area contributed by atoms with Gasteiger partial charge in [-0.15, -0.1) is 0 Å². The van der Waals surface area contributed by atoms with Crippen LogP contribution in [0.5, 0.6) is 0 Å². The van der Waals surface area contributed by atoms with Crippen LogP contribution in [0, 0.1) is 5.92 Å². The lowest BCUT2D eigenvalue weighted by Gasteiger charge is -2.18. The standard InChI is InChI=1S/C21H23ClN2/c22-21-12-5-4-11-20(21)15-19(16-24-14-13-23-17-24)10-6-9-18-7-2-1-3-8-18/h1-5,7-8,11-14,17,19H,6,9-10,15-16H2. The van der Waals surface area contributed by atoms with Crippen LogP contribution >= 0.6 is 11.6 Å². The maximum absolute atomic E-state index is 6.36. The summed E-state index contributed by atoms with van der Waals surface area (Å²) in [7, 11) is 0. The van der Waals surface area contributed by atoms with Crippen LogP contribution < -0.4 is 0 Å². The van der Waals surface area contributed by atoms with Crippen LogP contribution in [-0.4, -0.2) is 9.55 Å². The van der Waals surface area contributed by atoms with Gasteiger partial charge in [0.1, 0.15) is 0 Å². The molecule has 124 valence electrons. The molecule has 1 aromatic heterocycles. The minimum absolute atomic E-state index is 0.558. The van der Waals surface area contributed by atoms with E-state index in [0.29, 0.717) is 5.92 Å². The van der Waals surface area contributed by atoms with Crippen molar-refractivity contribution >= 4 is 11.6 Å². The number of hydrogen-bond donors (Lipinski definition) is 0. The molecule has 24 heavy (non-hydrogen) atoms. The molecule has 2 nitrogen and oxygen atoms in total. The average molecular weight is 339 g/mol. The zero-order chi connectivity index (χ0) is 16.6. The van der Waals surface area contributed by atoms with E-state index in [4.69, 9.17) is 11.6 Å². The first-order chi connectivity index (χ1) is 11.8. The summed E-state index contributed by atoms with van der Waals surface area (Å²) in [5.74, 6) is 0.558. The molecule has 0 saturated heterocycles. The van der Waals surface area contributed by atoms with Crippen molar-refractivity contribution in [2.45, 2.75) is 32.2 Å². The Balaban J connectivity index is 1.62. The van der Waals surface area contributed by atoms with Crippen molar-refractivity contribution < 1.29 is 0 Å². The van der Waals surface area contributed by atoms with Crippen LogP contribution in [0.1, 0.15) is 24.0 Å². The molecule has 0 aliphatic rings. The summed E-state index contributed by atoms with van der Waals surface area (Å²) in [5.41, 5.74) is 2.65. The van der Waals surface area contributed by atoms with Crippen LogP contribution in [0.2, 0.25) is 5.02 Å². The fraction of sp³-hybridized carbons (Fsp3) is 0.286. The van der Waals surface area contributed by atoms with Gasteiger partial charge in [0, 0.05) is 24.0 Å². The third-order valence-corrected chi connectivity index (χ3v) is 4.78. The Labute approximate surface area is 149 Å². The molecule has 1 atom stereocenters. The SMILES string of the molecule is Clc1ccccc1CC(CCCc1ccccc1)Cn1ccnc1. The van der Waals surface area contributed by atoms with Gasteiger partial charge < -0.3 is 4.57 Å². The lowest BCUT2D eigenvalue weighted by molar-refractivity contribution is 0.401. The Bertz CT molecular complexity index is 723. The highest BCUT2D eigenvalue weighted by Crippen LogP contribution is 2.23. The largest absolute Gasteiger partial charge is 0.337 e. The minimum atomic E-state index is 0.558. The lowest BCUT2D eigenvalue weighted by Crippen LogP contribution is -2.13. The molecular weight excluding hydrogens is 316 g/mol. The zero-order valence-corrected chi connectivity index (χ0v) is 14.6. The molecule has 3 aromatic rings. The molecule has 1 heterocycles. The number of imidazole rings is 1. The van der Waals surface area contributed by atoms with E-state index >= 15 is 0 Å². The van der Waals surface area contributed by atoms with Crippen molar-refractivity contribution in [1.82, 2.24) is 9.55 Å². The Hall–Kier alpha value is -2.06. The smallest absolute Gasteiger partial charge is 0.0945 e. The van der Waals surface area contributed by atoms with Crippen LogP contribution in [-0.2, 0) is 19.4 Å². The Morgan fingerprint density at radius 3 is 2.54 bits per heavy atom. The number of rotatable bonds is 8. The first kappa shape index (κ1) is 16.8. The molecule has 0 N–H and O–H groups in total. The van der Waals surface area contributed by atoms with E-state index in [0.717, 1.165) is 24.4 Å². The molecule has 3 rings (SSSR count). The molecular formula is C21H23ClN2. The first-order valence-electron chi connectivity index (χ1n) is 8.54. The minimum Gasteiger partial charge on any atom is -0.337 e. The van der Waals surface area contributed by atoms with Gasteiger partial charge in [-0.05, 0) is 48.8 Å². The van der Waals surface area contributed by atoms with Gasteiger partial charge in [-0.25, -0.2) is 4.98 Å². The molecule has 0 spiro atoms. The molecule has 0 saturated carbocycles. The highest BCUT2D eigenvalue weighted by Gasteiger charge is 2.12. The molecule has 0 fully saturated rings. The van der Waals surface area contributed by atoms with E-state index in [-0.39, 0.29) is 0 Å². The summed E-state index contributed by atoms with van der Waals surface area (Å²) in [6, 6.07) is 18.9. The topological polar surface area (TPSA) is 17.8 Å². The number of aromatic nitrogens is 2. The van der Waals surface area contributed by atoms with Gasteiger partial charge in [0.2, 0.25) is 0 Å². The Morgan fingerprint density at radius 1 is 1.00 bits per heavy atom. The fourth-order valence-electron chi connectivity index (χ4n) is 3.17. The number of hydrogen-bond acceptors (Lipinski definition) is 1. The number of halogens is 1. The van der Waals surface area contributed by atoms with Crippen LogP contribution in [0.15, 0.2) is 73.3 Å². The van der Waals surface area contributed by atoms with Crippen LogP contribution in [0.4, 0.5) is 0 Å². The van der Waals surface area contributed by atoms with Crippen molar-refractivity contribution in [3.05, 3.63) is 89.5 Å². The van der Waals surface area contributed by atoms with Gasteiger partial charge in [0.05, 0.1) is 6.33 Å². The predicted octanol–water partition coefficient (Wildman–Crippen LogP) is 5.42.